The molecule has 0 saturated carbocycles. The molecule has 4 aromatic heterocycles. The standard InChI is InChI=1S/C24H22F4N4/c1-15-17(24(26,27)28)11-13-31(15)21-9-5-7-19(29-21)23(3,4)20-8-6-10-22(30-20)32-14-12-18(25)16(32)2/h5-14H,1-4H3. The monoisotopic (exact) mass is 442 g/mol. The predicted molar refractivity (Wildman–Crippen MR) is 114 cm³/mol. The van der Waals surface area contributed by atoms with Gasteiger partial charge in [0.05, 0.1) is 22.6 Å². The van der Waals surface area contributed by atoms with Gasteiger partial charge in [0.2, 0.25) is 0 Å². The van der Waals surface area contributed by atoms with E-state index in [-0.39, 0.29) is 11.5 Å². The maximum Gasteiger partial charge on any atom is 0.418 e. The molecule has 0 aliphatic carbocycles. The van der Waals surface area contributed by atoms with Crippen molar-refractivity contribution in [1.29, 1.82) is 0 Å². The predicted octanol–water partition coefficient (Wildman–Crippen LogP) is 6.16. The van der Waals surface area contributed by atoms with Crippen molar-refractivity contribution in [2.45, 2.75) is 39.3 Å². The largest absolute Gasteiger partial charge is 0.418 e. The van der Waals surface area contributed by atoms with Crippen molar-refractivity contribution in [3.8, 4) is 11.6 Å². The van der Waals surface area contributed by atoms with Gasteiger partial charge < -0.3 is 9.13 Å². The molecule has 0 bridgehead atoms. The zero-order valence-corrected chi connectivity index (χ0v) is 18.1. The fourth-order valence-electron chi connectivity index (χ4n) is 3.74. The highest BCUT2D eigenvalue weighted by molar-refractivity contribution is 5.39. The maximum atomic E-state index is 13.8. The Morgan fingerprint density at radius 1 is 0.719 bits per heavy atom. The molecule has 0 fully saturated rings. The molecule has 0 unspecified atom stereocenters. The summed E-state index contributed by atoms with van der Waals surface area (Å²) in [5.41, 5.74) is 0.540. The lowest BCUT2D eigenvalue weighted by atomic mass is 9.84. The van der Waals surface area contributed by atoms with Gasteiger partial charge in [-0.3, -0.25) is 0 Å². The van der Waals surface area contributed by atoms with Crippen molar-refractivity contribution in [2.75, 3.05) is 0 Å². The molecule has 0 radical (unpaired) electrons. The van der Waals surface area contributed by atoms with E-state index in [2.05, 4.69) is 4.98 Å². The molecule has 8 heteroatoms. The molecule has 0 saturated heterocycles. The van der Waals surface area contributed by atoms with Crippen LogP contribution in [-0.2, 0) is 11.6 Å². The Kier molecular flexibility index (Phi) is 5.19. The SMILES string of the molecule is Cc1c(F)ccn1-c1cccc(C(C)(C)c2cccc(-n3ccc(C(F)(F)F)c3C)n2)n1. The molecule has 0 aliphatic heterocycles. The zero-order valence-electron chi connectivity index (χ0n) is 18.1. The van der Waals surface area contributed by atoms with E-state index in [1.807, 2.05) is 32.0 Å². The highest BCUT2D eigenvalue weighted by Crippen LogP contribution is 2.34. The first-order valence-electron chi connectivity index (χ1n) is 10.0. The number of hydrogen-bond acceptors (Lipinski definition) is 2. The Labute approximate surface area is 183 Å². The quantitative estimate of drug-likeness (QED) is 0.355. The number of alkyl halides is 3. The van der Waals surface area contributed by atoms with Crippen molar-refractivity contribution >= 4 is 0 Å². The van der Waals surface area contributed by atoms with Gasteiger partial charge in [-0.05, 0) is 64.1 Å². The Balaban J connectivity index is 1.74. The lowest BCUT2D eigenvalue weighted by Crippen LogP contribution is -2.23. The second-order valence-corrected chi connectivity index (χ2v) is 8.19. The van der Waals surface area contributed by atoms with Crippen LogP contribution in [0.25, 0.3) is 11.6 Å². The smallest absolute Gasteiger partial charge is 0.305 e. The van der Waals surface area contributed by atoms with Crippen LogP contribution in [0.2, 0.25) is 0 Å². The van der Waals surface area contributed by atoms with E-state index in [0.717, 1.165) is 6.07 Å². The normalized spacial score (nSPS) is 12.4. The van der Waals surface area contributed by atoms with Crippen molar-refractivity contribution in [3.63, 3.8) is 0 Å². The molecular formula is C24H22F4N4. The third kappa shape index (κ3) is 3.70. The summed E-state index contributed by atoms with van der Waals surface area (Å²) in [6.45, 7) is 6.98. The number of nitrogens with zero attached hydrogens (tertiary/aromatic N) is 4. The van der Waals surface area contributed by atoms with Crippen LogP contribution >= 0.6 is 0 Å². The molecule has 4 heterocycles. The highest BCUT2D eigenvalue weighted by atomic mass is 19.4. The Morgan fingerprint density at radius 3 is 1.66 bits per heavy atom. The molecule has 0 spiro atoms. The van der Waals surface area contributed by atoms with Gasteiger partial charge in [0.1, 0.15) is 17.5 Å². The lowest BCUT2D eigenvalue weighted by Gasteiger charge is -2.25. The second kappa shape index (κ2) is 7.62. The first-order chi connectivity index (χ1) is 15.0. The van der Waals surface area contributed by atoms with Crippen molar-refractivity contribution in [1.82, 2.24) is 19.1 Å². The molecule has 0 atom stereocenters. The summed E-state index contributed by atoms with van der Waals surface area (Å²) in [6.07, 6.45) is -1.43. The number of halogens is 4. The molecular weight excluding hydrogens is 420 g/mol. The minimum Gasteiger partial charge on any atom is -0.305 e. The van der Waals surface area contributed by atoms with E-state index in [9.17, 15) is 17.6 Å². The summed E-state index contributed by atoms with van der Waals surface area (Å²) in [4.78, 5) is 9.38. The number of rotatable bonds is 4. The van der Waals surface area contributed by atoms with Crippen molar-refractivity contribution in [2.24, 2.45) is 0 Å². The van der Waals surface area contributed by atoms with Gasteiger partial charge in [0.15, 0.2) is 0 Å². The van der Waals surface area contributed by atoms with Crippen LogP contribution in [0.15, 0.2) is 60.9 Å². The topological polar surface area (TPSA) is 35.6 Å². The van der Waals surface area contributed by atoms with Crippen LogP contribution in [0, 0.1) is 19.7 Å². The number of pyridine rings is 2. The minimum atomic E-state index is -4.42. The fraction of sp³-hybridized carbons (Fsp3) is 0.250. The van der Waals surface area contributed by atoms with Crippen molar-refractivity contribution < 1.29 is 17.6 Å². The second-order valence-electron chi connectivity index (χ2n) is 8.19. The van der Waals surface area contributed by atoms with Crippen LogP contribution in [0.1, 0.15) is 42.2 Å². The Morgan fingerprint density at radius 2 is 1.22 bits per heavy atom. The lowest BCUT2D eigenvalue weighted by molar-refractivity contribution is -0.138. The van der Waals surface area contributed by atoms with Crippen LogP contribution in [0.4, 0.5) is 17.6 Å². The molecule has 4 rings (SSSR count). The maximum absolute atomic E-state index is 13.8. The van der Waals surface area contributed by atoms with Crippen molar-refractivity contribution in [3.05, 3.63) is 95.1 Å². The van der Waals surface area contributed by atoms with Crippen LogP contribution < -0.4 is 0 Å². The van der Waals surface area contributed by atoms with E-state index in [0.29, 0.717) is 28.7 Å². The van der Waals surface area contributed by atoms with Gasteiger partial charge in [0, 0.05) is 23.5 Å². The van der Waals surface area contributed by atoms with Gasteiger partial charge in [-0.15, -0.1) is 0 Å². The van der Waals surface area contributed by atoms with E-state index in [1.165, 1.54) is 23.8 Å². The number of hydrogen-bond donors (Lipinski definition) is 0. The summed E-state index contributed by atoms with van der Waals surface area (Å²) in [5.74, 6) is 0.651. The molecule has 4 nitrogen and oxygen atoms in total. The molecule has 4 aromatic rings. The summed E-state index contributed by atoms with van der Waals surface area (Å²) in [6, 6.07) is 13.2. The van der Waals surface area contributed by atoms with E-state index in [4.69, 9.17) is 4.98 Å². The van der Waals surface area contributed by atoms with Crippen LogP contribution in [0.5, 0.6) is 0 Å². The van der Waals surface area contributed by atoms with Gasteiger partial charge in [0.25, 0.3) is 0 Å². The van der Waals surface area contributed by atoms with E-state index in [1.54, 1.807) is 35.9 Å². The minimum absolute atomic E-state index is 0.0742. The third-order valence-corrected chi connectivity index (χ3v) is 5.77. The average molecular weight is 442 g/mol. The highest BCUT2D eigenvalue weighted by Gasteiger charge is 2.34. The zero-order chi connectivity index (χ0) is 23.3. The molecule has 166 valence electrons. The van der Waals surface area contributed by atoms with Crippen LogP contribution in [-0.4, -0.2) is 19.1 Å². The first-order valence-corrected chi connectivity index (χ1v) is 10.0. The first kappa shape index (κ1) is 21.8. The van der Waals surface area contributed by atoms with Gasteiger partial charge in [-0.2, -0.15) is 13.2 Å². The average Bonchev–Trinajstić information content (AvgIpc) is 3.30. The third-order valence-electron chi connectivity index (χ3n) is 5.77. The van der Waals surface area contributed by atoms with Crippen LogP contribution in [0.3, 0.4) is 0 Å². The van der Waals surface area contributed by atoms with E-state index >= 15 is 0 Å². The molecule has 0 aromatic carbocycles. The summed E-state index contributed by atoms with van der Waals surface area (Å²) < 4.78 is 56.5. The number of aromatic nitrogens is 4. The fourth-order valence-corrected chi connectivity index (χ4v) is 3.74. The Bertz CT molecular complexity index is 1280. The van der Waals surface area contributed by atoms with Gasteiger partial charge in [-0.1, -0.05) is 12.1 Å². The van der Waals surface area contributed by atoms with E-state index < -0.39 is 17.2 Å². The molecule has 0 amide bonds. The summed E-state index contributed by atoms with van der Waals surface area (Å²) in [7, 11) is 0. The van der Waals surface area contributed by atoms with Gasteiger partial charge in [-0.25, -0.2) is 14.4 Å². The van der Waals surface area contributed by atoms with Gasteiger partial charge >= 0.3 is 6.18 Å². The summed E-state index contributed by atoms with van der Waals surface area (Å²) in [5, 5.41) is 0. The summed E-state index contributed by atoms with van der Waals surface area (Å²) >= 11 is 0. The molecule has 32 heavy (non-hydrogen) atoms. The molecule has 0 N–H and O–H groups in total. The molecule has 0 aliphatic rings. The Hall–Kier alpha value is -3.42.